The molecular formula is C28H32FIN6O4. The maximum atomic E-state index is 13.5. The number of alkyl halides is 1. The fourth-order valence-electron chi connectivity index (χ4n) is 5.14. The number of ether oxygens (including phenoxy) is 1. The number of esters is 1. The number of pyridine rings is 1. The van der Waals surface area contributed by atoms with Crippen LogP contribution in [0, 0.1) is 10.5 Å². The van der Waals surface area contributed by atoms with E-state index in [9.17, 15) is 18.8 Å². The van der Waals surface area contributed by atoms with Gasteiger partial charge in [0.15, 0.2) is 5.65 Å². The van der Waals surface area contributed by atoms with Gasteiger partial charge in [-0.05, 0) is 80.0 Å². The van der Waals surface area contributed by atoms with Crippen LogP contribution in [0.4, 0.5) is 10.2 Å². The van der Waals surface area contributed by atoms with Crippen LogP contribution in [0.2, 0.25) is 0 Å². The Hall–Kier alpha value is -3.29. The fourth-order valence-corrected chi connectivity index (χ4v) is 5.78. The highest BCUT2D eigenvalue weighted by molar-refractivity contribution is 14.1. The van der Waals surface area contributed by atoms with Crippen LogP contribution in [0.15, 0.2) is 24.3 Å². The van der Waals surface area contributed by atoms with Crippen molar-refractivity contribution in [1.29, 1.82) is 0 Å². The first-order valence-corrected chi connectivity index (χ1v) is 14.2. The van der Waals surface area contributed by atoms with Gasteiger partial charge in [0.25, 0.3) is 5.91 Å². The summed E-state index contributed by atoms with van der Waals surface area (Å²) >= 11 is 2.23. The number of fused-ring (bicyclic) bond motifs is 2. The van der Waals surface area contributed by atoms with Crippen molar-refractivity contribution >= 4 is 57.4 Å². The average molecular weight is 663 g/mol. The molecule has 40 heavy (non-hydrogen) atoms. The number of amides is 2. The molecule has 1 saturated heterocycles. The van der Waals surface area contributed by atoms with Crippen LogP contribution in [0.3, 0.4) is 0 Å². The first kappa shape index (κ1) is 28.2. The Bertz CT molecular complexity index is 1510. The van der Waals surface area contributed by atoms with Gasteiger partial charge in [0.1, 0.15) is 35.0 Å². The lowest BCUT2D eigenvalue weighted by atomic mass is 10.1. The number of hydrogen-bond donors (Lipinski definition) is 1. The highest BCUT2D eigenvalue weighted by atomic mass is 127. The van der Waals surface area contributed by atoms with Gasteiger partial charge < -0.3 is 24.8 Å². The summed E-state index contributed by atoms with van der Waals surface area (Å²) in [5, 5.41) is 0. The van der Waals surface area contributed by atoms with Crippen molar-refractivity contribution in [1.82, 2.24) is 19.4 Å². The normalized spacial score (nSPS) is 16.3. The highest BCUT2D eigenvalue weighted by Gasteiger charge is 2.36. The Morgan fingerprint density at radius 1 is 1.23 bits per heavy atom. The molecule has 0 unspecified atom stereocenters. The van der Waals surface area contributed by atoms with Crippen LogP contribution >= 0.6 is 22.6 Å². The van der Waals surface area contributed by atoms with Crippen molar-refractivity contribution in [3.63, 3.8) is 0 Å². The van der Waals surface area contributed by atoms with Crippen LogP contribution in [-0.2, 0) is 27.4 Å². The largest absolute Gasteiger partial charge is 0.460 e. The van der Waals surface area contributed by atoms with E-state index in [1.807, 2.05) is 34.6 Å². The minimum absolute atomic E-state index is 0.0273. The van der Waals surface area contributed by atoms with Crippen LogP contribution < -0.4 is 10.6 Å². The van der Waals surface area contributed by atoms with Crippen LogP contribution in [0.25, 0.3) is 11.2 Å². The van der Waals surface area contributed by atoms with E-state index in [0.29, 0.717) is 25.2 Å². The maximum Gasteiger partial charge on any atom is 0.306 e. The van der Waals surface area contributed by atoms with Crippen molar-refractivity contribution in [2.24, 2.45) is 5.73 Å². The SMILES string of the molecule is Cc1nc2c(I)cc(N3CC(F)C3)nc2n1Cc1ccc2c(c1)CN([C@@H](CCC(=O)OC(C)(C)C)C(N)=O)C2=O. The molecule has 2 amide bonds. The van der Waals surface area contributed by atoms with Crippen molar-refractivity contribution in [3.05, 3.63) is 50.4 Å². The number of aromatic nitrogens is 3. The third-order valence-corrected chi connectivity index (χ3v) is 7.91. The quantitative estimate of drug-likeness (QED) is 0.290. The Kier molecular flexibility index (Phi) is 7.48. The maximum absolute atomic E-state index is 13.5. The molecule has 0 radical (unpaired) electrons. The predicted molar refractivity (Wildman–Crippen MR) is 156 cm³/mol. The summed E-state index contributed by atoms with van der Waals surface area (Å²) in [5.41, 5.74) is 8.75. The molecule has 12 heteroatoms. The van der Waals surface area contributed by atoms with Crippen molar-refractivity contribution < 1.29 is 23.5 Å². The molecule has 0 saturated carbocycles. The molecule has 212 valence electrons. The van der Waals surface area contributed by atoms with Crippen LogP contribution in [0.5, 0.6) is 0 Å². The van der Waals surface area contributed by atoms with E-state index in [1.54, 1.807) is 26.8 Å². The summed E-state index contributed by atoms with van der Waals surface area (Å²) < 4.78 is 21.8. The molecule has 2 aromatic heterocycles. The van der Waals surface area contributed by atoms with Gasteiger partial charge in [0, 0.05) is 22.1 Å². The van der Waals surface area contributed by atoms with Crippen molar-refractivity contribution in [3.8, 4) is 0 Å². The van der Waals surface area contributed by atoms with Crippen LogP contribution in [-0.4, -0.2) is 68.1 Å². The molecule has 1 atom stereocenters. The Balaban J connectivity index is 1.35. The summed E-state index contributed by atoms with van der Waals surface area (Å²) in [5.74, 6) is 0.117. The van der Waals surface area contributed by atoms with E-state index >= 15 is 0 Å². The summed E-state index contributed by atoms with van der Waals surface area (Å²) in [6, 6.07) is 6.59. The van der Waals surface area contributed by atoms with E-state index in [1.165, 1.54) is 4.90 Å². The number of primary amides is 1. The number of rotatable bonds is 8. The first-order chi connectivity index (χ1) is 18.8. The smallest absolute Gasteiger partial charge is 0.306 e. The fraction of sp³-hybridized carbons (Fsp3) is 0.464. The van der Waals surface area contributed by atoms with E-state index < -0.39 is 29.7 Å². The first-order valence-electron chi connectivity index (χ1n) is 13.2. The van der Waals surface area contributed by atoms with E-state index in [-0.39, 0.29) is 25.3 Å². The molecule has 2 N–H and O–H groups in total. The van der Waals surface area contributed by atoms with E-state index in [0.717, 1.165) is 37.5 Å². The highest BCUT2D eigenvalue weighted by Crippen LogP contribution is 2.30. The summed E-state index contributed by atoms with van der Waals surface area (Å²) in [6.07, 6.45) is -0.772. The minimum atomic E-state index is -0.925. The van der Waals surface area contributed by atoms with Gasteiger partial charge in [0.05, 0.1) is 19.6 Å². The lowest BCUT2D eigenvalue weighted by Gasteiger charge is -2.35. The molecule has 1 aromatic carbocycles. The zero-order valence-corrected chi connectivity index (χ0v) is 25.1. The molecule has 0 spiro atoms. The molecule has 0 bridgehead atoms. The van der Waals surface area contributed by atoms with Crippen molar-refractivity contribution in [2.75, 3.05) is 18.0 Å². The minimum Gasteiger partial charge on any atom is -0.460 e. The summed E-state index contributed by atoms with van der Waals surface area (Å²) in [7, 11) is 0. The topological polar surface area (TPSA) is 124 Å². The molecule has 4 heterocycles. The molecule has 2 aliphatic heterocycles. The number of nitrogens with zero attached hydrogens (tertiary/aromatic N) is 5. The second-order valence-corrected chi connectivity index (χ2v) is 12.5. The summed E-state index contributed by atoms with van der Waals surface area (Å²) in [6.45, 7) is 8.58. The number of imidazole rings is 1. The number of aryl methyl sites for hydroxylation is 1. The molecule has 3 aromatic rings. The van der Waals surface area contributed by atoms with E-state index in [2.05, 4.69) is 22.6 Å². The van der Waals surface area contributed by atoms with E-state index in [4.69, 9.17) is 20.4 Å². The zero-order valence-electron chi connectivity index (χ0n) is 22.9. The molecule has 2 aliphatic rings. The number of benzene rings is 1. The Morgan fingerprint density at radius 2 is 1.95 bits per heavy atom. The van der Waals surface area contributed by atoms with Gasteiger partial charge in [-0.1, -0.05) is 12.1 Å². The number of carbonyl (C=O) groups excluding carboxylic acids is 3. The Morgan fingerprint density at radius 3 is 2.60 bits per heavy atom. The van der Waals surface area contributed by atoms with Gasteiger partial charge in [-0.3, -0.25) is 14.4 Å². The lowest BCUT2D eigenvalue weighted by Crippen LogP contribution is -2.48. The van der Waals surface area contributed by atoms with Crippen molar-refractivity contribution in [2.45, 2.75) is 71.4 Å². The number of halogens is 2. The Labute approximate surface area is 245 Å². The third kappa shape index (κ3) is 5.63. The average Bonchev–Trinajstić information content (AvgIpc) is 3.32. The molecule has 0 aliphatic carbocycles. The predicted octanol–water partition coefficient (Wildman–Crippen LogP) is 3.48. The van der Waals surface area contributed by atoms with Gasteiger partial charge >= 0.3 is 5.97 Å². The summed E-state index contributed by atoms with van der Waals surface area (Å²) in [4.78, 5) is 50.6. The second kappa shape index (κ2) is 10.6. The number of carbonyl (C=O) groups is 3. The monoisotopic (exact) mass is 662 g/mol. The second-order valence-electron chi connectivity index (χ2n) is 11.3. The number of hydrogen-bond acceptors (Lipinski definition) is 7. The number of nitrogens with two attached hydrogens (primary N) is 1. The molecule has 10 nitrogen and oxygen atoms in total. The molecular weight excluding hydrogens is 630 g/mol. The van der Waals surface area contributed by atoms with Gasteiger partial charge in [-0.15, -0.1) is 0 Å². The zero-order chi connectivity index (χ0) is 28.9. The van der Waals surface area contributed by atoms with Gasteiger partial charge in [-0.25, -0.2) is 14.4 Å². The standard InChI is InChI=1S/C28H32FIN6O4/c1-15-32-24-20(30)10-22(34-13-18(29)14-34)33-26(24)35(15)11-16-5-6-19-17(9-16)12-36(27(19)39)21(25(31)38)7-8-23(37)40-28(2,3)4/h5-6,9-10,18,21H,7-8,11-14H2,1-4H3,(H2,31,38)/t21-/m0/s1. The lowest BCUT2D eigenvalue weighted by molar-refractivity contribution is -0.155. The number of anilines is 1. The van der Waals surface area contributed by atoms with Crippen LogP contribution in [0.1, 0.15) is 60.9 Å². The third-order valence-electron chi connectivity index (χ3n) is 7.08. The van der Waals surface area contributed by atoms with Gasteiger partial charge in [0.2, 0.25) is 5.91 Å². The molecule has 1 fully saturated rings. The van der Waals surface area contributed by atoms with Gasteiger partial charge in [-0.2, -0.15) is 0 Å². The molecule has 5 rings (SSSR count).